The van der Waals surface area contributed by atoms with Crippen LogP contribution in [0.4, 0.5) is 0 Å². The molecule has 22 heavy (non-hydrogen) atoms. The van der Waals surface area contributed by atoms with Crippen LogP contribution >= 0.6 is 0 Å². The van der Waals surface area contributed by atoms with Gasteiger partial charge in [-0.15, -0.1) is 0 Å². The quantitative estimate of drug-likeness (QED) is 0.837. The molecule has 0 spiro atoms. The van der Waals surface area contributed by atoms with Crippen LogP contribution in [0.1, 0.15) is 69.4 Å². The highest BCUT2D eigenvalue weighted by Gasteiger charge is 2.30. The molecule has 2 N–H and O–H groups in total. The van der Waals surface area contributed by atoms with Gasteiger partial charge in [-0.05, 0) is 55.1 Å². The Hall–Kier alpha value is -1.35. The summed E-state index contributed by atoms with van der Waals surface area (Å²) in [5.41, 5.74) is 9.01. The van der Waals surface area contributed by atoms with Crippen molar-refractivity contribution in [3.8, 4) is 0 Å². The fraction of sp³-hybridized carbons (Fsp3) is 0.632. The fourth-order valence-corrected chi connectivity index (χ4v) is 3.43. The fourth-order valence-electron chi connectivity index (χ4n) is 3.43. The van der Waals surface area contributed by atoms with Gasteiger partial charge in [-0.2, -0.15) is 0 Å². The van der Waals surface area contributed by atoms with Gasteiger partial charge in [-0.1, -0.05) is 38.1 Å². The van der Waals surface area contributed by atoms with Crippen molar-refractivity contribution in [3.05, 3.63) is 35.4 Å². The molecule has 0 heterocycles. The first-order chi connectivity index (χ1) is 10.5. The average Bonchev–Trinajstić information content (AvgIpc) is 2.49. The molecule has 2 rings (SSSR count). The highest BCUT2D eigenvalue weighted by molar-refractivity contribution is 5.69. The molecule has 0 bridgehead atoms. The van der Waals surface area contributed by atoms with Crippen LogP contribution in [0.15, 0.2) is 24.3 Å². The summed E-state index contributed by atoms with van der Waals surface area (Å²) in [4.78, 5) is 11.7. The molecule has 3 heteroatoms. The van der Waals surface area contributed by atoms with Crippen LogP contribution in [0.3, 0.4) is 0 Å². The van der Waals surface area contributed by atoms with Gasteiger partial charge < -0.3 is 10.5 Å². The second-order valence-electron chi connectivity index (χ2n) is 6.78. The van der Waals surface area contributed by atoms with E-state index in [4.69, 9.17) is 10.5 Å². The summed E-state index contributed by atoms with van der Waals surface area (Å²) in [6, 6.07) is 9.05. The molecule has 1 fully saturated rings. The zero-order valence-electron chi connectivity index (χ0n) is 14.0. The number of hydrogen-bond donors (Lipinski definition) is 1. The Morgan fingerprint density at radius 3 is 2.55 bits per heavy atom. The number of rotatable bonds is 5. The predicted molar refractivity (Wildman–Crippen MR) is 89.8 cm³/mol. The van der Waals surface area contributed by atoms with E-state index in [1.165, 1.54) is 11.1 Å². The summed E-state index contributed by atoms with van der Waals surface area (Å²) >= 11 is 0. The second-order valence-corrected chi connectivity index (χ2v) is 6.78. The first-order valence-electron chi connectivity index (χ1n) is 8.52. The Morgan fingerprint density at radius 2 is 1.95 bits per heavy atom. The zero-order chi connectivity index (χ0) is 16.1. The standard InChI is InChI=1S/C19H29NO2/c1-4-22-19(21)12-14-5-10-18(20)17(11-14)16-8-6-15(7-9-16)13(2)3/h6-9,13-14,17-18H,4-5,10-12,20H2,1-3H3/t14-,17+,18-/m1/s1. The number of benzene rings is 1. The Kier molecular flexibility index (Phi) is 6.01. The van der Waals surface area contributed by atoms with Gasteiger partial charge in [0.05, 0.1) is 6.61 Å². The largest absolute Gasteiger partial charge is 0.466 e. The third-order valence-electron chi connectivity index (χ3n) is 4.80. The molecular formula is C19H29NO2. The van der Waals surface area contributed by atoms with Crippen molar-refractivity contribution in [2.45, 2.75) is 64.3 Å². The Balaban J connectivity index is 2.03. The van der Waals surface area contributed by atoms with E-state index in [1.54, 1.807) is 0 Å². The lowest BCUT2D eigenvalue weighted by Gasteiger charge is -2.34. The molecule has 3 atom stereocenters. The van der Waals surface area contributed by atoms with E-state index < -0.39 is 0 Å². The summed E-state index contributed by atoms with van der Waals surface area (Å²) in [5, 5.41) is 0. The van der Waals surface area contributed by atoms with Crippen molar-refractivity contribution in [2.24, 2.45) is 11.7 Å². The van der Waals surface area contributed by atoms with E-state index in [0.717, 1.165) is 19.3 Å². The molecule has 0 saturated heterocycles. The summed E-state index contributed by atoms with van der Waals surface area (Å²) < 4.78 is 5.08. The van der Waals surface area contributed by atoms with E-state index in [2.05, 4.69) is 38.1 Å². The topological polar surface area (TPSA) is 52.3 Å². The van der Waals surface area contributed by atoms with Gasteiger partial charge in [0.1, 0.15) is 0 Å². The highest BCUT2D eigenvalue weighted by atomic mass is 16.5. The maximum Gasteiger partial charge on any atom is 0.306 e. The molecule has 1 aromatic rings. The van der Waals surface area contributed by atoms with Crippen molar-refractivity contribution in [2.75, 3.05) is 6.61 Å². The molecular weight excluding hydrogens is 274 g/mol. The molecule has 0 amide bonds. The number of esters is 1. The van der Waals surface area contributed by atoms with Crippen molar-refractivity contribution < 1.29 is 9.53 Å². The predicted octanol–water partition coefficient (Wildman–Crippen LogP) is 3.97. The lowest BCUT2D eigenvalue weighted by atomic mass is 9.74. The van der Waals surface area contributed by atoms with E-state index in [1.807, 2.05) is 6.92 Å². The van der Waals surface area contributed by atoms with Gasteiger partial charge in [0, 0.05) is 12.5 Å². The first-order valence-corrected chi connectivity index (χ1v) is 8.52. The number of nitrogens with two attached hydrogens (primary N) is 1. The SMILES string of the molecule is CCOC(=O)C[C@@H]1CC[C@@H](N)[C@H](c2ccc(C(C)C)cc2)C1. The number of hydrogen-bond acceptors (Lipinski definition) is 3. The minimum absolute atomic E-state index is 0.0723. The van der Waals surface area contributed by atoms with E-state index >= 15 is 0 Å². The van der Waals surface area contributed by atoms with Crippen LogP contribution in [-0.4, -0.2) is 18.6 Å². The molecule has 3 nitrogen and oxygen atoms in total. The third kappa shape index (κ3) is 4.33. The molecule has 1 aliphatic carbocycles. The lowest BCUT2D eigenvalue weighted by Crippen LogP contribution is -2.35. The molecule has 0 radical (unpaired) electrons. The zero-order valence-corrected chi connectivity index (χ0v) is 14.0. The van der Waals surface area contributed by atoms with Crippen LogP contribution in [-0.2, 0) is 9.53 Å². The van der Waals surface area contributed by atoms with E-state index in [-0.39, 0.29) is 12.0 Å². The summed E-state index contributed by atoms with van der Waals surface area (Å²) in [6.45, 7) is 6.73. The van der Waals surface area contributed by atoms with Crippen LogP contribution in [0, 0.1) is 5.92 Å². The van der Waals surface area contributed by atoms with Crippen LogP contribution in [0.25, 0.3) is 0 Å². The van der Waals surface area contributed by atoms with E-state index in [0.29, 0.717) is 30.8 Å². The summed E-state index contributed by atoms with van der Waals surface area (Å²) in [6.07, 6.45) is 3.53. The molecule has 1 saturated carbocycles. The molecule has 0 aliphatic heterocycles. The smallest absolute Gasteiger partial charge is 0.306 e. The normalized spacial score (nSPS) is 25.2. The maximum absolute atomic E-state index is 11.7. The summed E-state index contributed by atoms with van der Waals surface area (Å²) in [7, 11) is 0. The summed E-state index contributed by atoms with van der Waals surface area (Å²) in [5.74, 6) is 1.23. The van der Waals surface area contributed by atoms with Crippen LogP contribution < -0.4 is 5.73 Å². The van der Waals surface area contributed by atoms with Crippen LogP contribution in [0.5, 0.6) is 0 Å². The van der Waals surface area contributed by atoms with Gasteiger partial charge in [0.15, 0.2) is 0 Å². The number of carbonyl (C=O) groups is 1. The second kappa shape index (κ2) is 7.77. The Labute approximate surface area is 134 Å². The van der Waals surface area contributed by atoms with E-state index in [9.17, 15) is 4.79 Å². The number of carbonyl (C=O) groups excluding carboxylic acids is 1. The average molecular weight is 303 g/mol. The Morgan fingerprint density at radius 1 is 1.27 bits per heavy atom. The molecule has 0 aromatic heterocycles. The van der Waals surface area contributed by atoms with Gasteiger partial charge >= 0.3 is 5.97 Å². The van der Waals surface area contributed by atoms with Crippen LogP contribution in [0.2, 0.25) is 0 Å². The van der Waals surface area contributed by atoms with Gasteiger partial charge in [0.25, 0.3) is 0 Å². The minimum Gasteiger partial charge on any atom is -0.466 e. The number of ether oxygens (including phenoxy) is 1. The monoisotopic (exact) mass is 303 g/mol. The highest BCUT2D eigenvalue weighted by Crippen LogP contribution is 2.37. The van der Waals surface area contributed by atoms with Crippen molar-refractivity contribution in [1.29, 1.82) is 0 Å². The minimum atomic E-state index is -0.0723. The lowest BCUT2D eigenvalue weighted by molar-refractivity contribution is -0.144. The molecule has 122 valence electrons. The van der Waals surface area contributed by atoms with Gasteiger partial charge in [-0.3, -0.25) is 4.79 Å². The molecule has 1 aliphatic rings. The third-order valence-corrected chi connectivity index (χ3v) is 4.80. The maximum atomic E-state index is 11.7. The Bertz CT molecular complexity index is 481. The van der Waals surface area contributed by atoms with Crippen molar-refractivity contribution >= 4 is 5.97 Å². The molecule has 0 unspecified atom stereocenters. The first kappa shape index (κ1) is 17.0. The van der Waals surface area contributed by atoms with Crippen molar-refractivity contribution in [3.63, 3.8) is 0 Å². The molecule has 1 aromatic carbocycles. The van der Waals surface area contributed by atoms with Gasteiger partial charge in [-0.25, -0.2) is 0 Å². The van der Waals surface area contributed by atoms with Gasteiger partial charge in [0.2, 0.25) is 0 Å². The van der Waals surface area contributed by atoms with Crippen molar-refractivity contribution in [1.82, 2.24) is 0 Å².